The molecule has 2 aromatic heterocycles. The van der Waals surface area contributed by atoms with Crippen LogP contribution < -0.4 is 10.2 Å². The van der Waals surface area contributed by atoms with Crippen molar-refractivity contribution in [3.8, 4) is 0 Å². The molecule has 2 aromatic rings. The number of nitrogens with one attached hydrogen (secondary N) is 1. The molecular formula is C18H22F2N6O. The summed E-state index contributed by atoms with van der Waals surface area (Å²) in [6.07, 6.45) is 4.71. The third-order valence-electron chi connectivity index (χ3n) is 4.92. The van der Waals surface area contributed by atoms with Gasteiger partial charge < -0.3 is 15.0 Å². The molecule has 7 nitrogen and oxygen atoms in total. The Bertz CT molecular complexity index is 766. The smallest absolute Gasteiger partial charge is 0.224 e. The van der Waals surface area contributed by atoms with Gasteiger partial charge in [0.2, 0.25) is 5.95 Å². The van der Waals surface area contributed by atoms with Gasteiger partial charge in [0.05, 0.1) is 25.6 Å². The largest absolute Gasteiger partial charge is 0.378 e. The molecule has 0 amide bonds. The maximum atomic E-state index is 13.8. The van der Waals surface area contributed by atoms with Gasteiger partial charge in [0, 0.05) is 50.5 Å². The van der Waals surface area contributed by atoms with Gasteiger partial charge in [-0.15, -0.1) is 0 Å². The molecule has 0 aliphatic carbocycles. The van der Waals surface area contributed by atoms with Crippen molar-refractivity contribution in [3.63, 3.8) is 0 Å². The molecule has 1 atom stereocenters. The molecule has 4 rings (SSSR count). The minimum absolute atomic E-state index is 0.0659. The van der Waals surface area contributed by atoms with Crippen molar-refractivity contribution in [1.82, 2.24) is 19.9 Å². The Morgan fingerprint density at radius 3 is 2.70 bits per heavy atom. The maximum Gasteiger partial charge on any atom is 0.224 e. The molecule has 0 radical (unpaired) electrons. The van der Waals surface area contributed by atoms with Crippen LogP contribution in [0.25, 0.3) is 0 Å². The Morgan fingerprint density at radius 2 is 1.93 bits per heavy atom. The lowest BCUT2D eigenvalue weighted by Gasteiger charge is -2.28. The number of hydrogen-bond donors (Lipinski definition) is 1. The van der Waals surface area contributed by atoms with Crippen LogP contribution in [0.5, 0.6) is 0 Å². The molecule has 1 N–H and O–H groups in total. The number of ether oxygens (including phenoxy) is 1. The first-order chi connectivity index (χ1) is 13.2. The topological polar surface area (TPSA) is 66.4 Å². The molecule has 1 unspecified atom stereocenters. The van der Waals surface area contributed by atoms with E-state index in [1.54, 1.807) is 6.20 Å². The number of nitrogens with zero attached hydrogens (tertiary/aromatic N) is 5. The fourth-order valence-electron chi connectivity index (χ4n) is 3.48. The van der Waals surface area contributed by atoms with Crippen LogP contribution in [0.4, 0.5) is 20.5 Å². The highest BCUT2D eigenvalue weighted by atomic mass is 19.1. The fourth-order valence-corrected chi connectivity index (χ4v) is 3.48. The van der Waals surface area contributed by atoms with Gasteiger partial charge in [0.1, 0.15) is 17.5 Å². The quantitative estimate of drug-likeness (QED) is 0.852. The van der Waals surface area contributed by atoms with E-state index in [1.807, 2.05) is 11.0 Å². The summed E-state index contributed by atoms with van der Waals surface area (Å²) >= 11 is 0. The van der Waals surface area contributed by atoms with Crippen LogP contribution in [0.15, 0.2) is 24.7 Å². The van der Waals surface area contributed by atoms with Crippen molar-refractivity contribution in [2.45, 2.75) is 19.0 Å². The molecule has 2 fully saturated rings. The molecule has 0 aromatic carbocycles. The van der Waals surface area contributed by atoms with E-state index in [9.17, 15) is 8.78 Å². The molecule has 2 saturated heterocycles. The van der Waals surface area contributed by atoms with E-state index in [4.69, 9.17) is 4.74 Å². The molecule has 0 bridgehead atoms. The van der Waals surface area contributed by atoms with Gasteiger partial charge in [-0.25, -0.2) is 13.8 Å². The summed E-state index contributed by atoms with van der Waals surface area (Å²) in [6, 6.07) is 2.03. The van der Waals surface area contributed by atoms with Crippen molar-refractivity contribution in [2.24, 2.45) is 0 Å². The summed E-state index contributed by atoms with van der Waals surface area (Å²) in [4.78, 5) is 16.6. The van der Waals surface area contributed by atoms with Crippen molar-refractivity contribution in [2.75, 3.05) is 49.6 Å². The van der Waals surface area contributed by atoms with Crippen LogP contribution in [-0.2, 0) is 11.3 Å². The summed E-state index contributed by atoms with van der Waals surface area (Å²) in [5, 5.41) is 3.34. The van der Waals surface area contributed by atoms with Crippen LogP contribution in [-0.4, -0.2) is 65.3 Å². The lowest BCUT2D eigenvalue weighted by atomic mass is 10.2. The highest BCUT2D eigenvalue weighted by Crippen LogP contribution is 2.20. The number of halogens is 2. The summed E-state index contributed by atoms with van der Waals surface area (Å²) in [6.45, 7) is 4.69. The number of morpholine rings is 1. The van der Waals surface area contributed by atoms with E-state index in [0.717, 1.165) is 44.3 Å². The third kappa shape index (κ3) is 4.30. The molecule has 0 saturated carbocycles. The van der Waals surface area contributed by atoms with Gasteiger partial charge in [-0.3, -0.25) is 9.88 Å². The summed E-state index contributed by atoms with van der Waals surface area (Å²) < 4.78 is 33.0. The zero-order valence-corrected chi connectivity index (χ0v) is 14.9. The van der Waals surface area contributed by atoms with Crippen LogP contribution in [0.3, 0.4) is 0 Å². The average molecular weight is 376 g/mol. The number of aromatic nitrogens is 3. The lowest BCUT2D eigenvalue weighted by Crippen LogP contribution is -2.37. The number of hydrogen-bond acceptors (Lipinski definition) is 7. The van der Waals surface area contributed by atoms with Crippen LogP contribution in [0.2, 0.25) is 0 Å². The average Bonchev–Trinajstić information content (AvgIpc) is 3.13. The zero-order valence-electron chi connectivity index (χ0n) is 14.9. The van der Waals surface area contributed by atoms with E-state index in [1.165, 1.54) is 0 Å². The molecule has 4 heterocycles. The predicted molar refractivity (Wildman–Crippen MR) is 96.5 cm³/mol. The highest BCUT2D eigenvalue weighted by Gasteiger charge is 2.25. The SMILES string of the molecule is Fc1cncc(F)c1CN1CCC(Nc2nccc(N3CCOCC3)n2)C1. The molecule has 27 heavy (non-hydrogen) atoms. The van der Waals surface area contributed by atoms with E-state index < -0.39 is 11.6 Å². The monoisotopic (exact) mass is 376 g/mol. The number of rotatable bonds is 5. The summed E-state index contributed by atoms with van der Waals surface area (Å²) in [5.74, 6) is 0.250. The first-order valence-corrected chi connectivity index (χ1v) is 9.11. The highest BCUT2D eigenvalue weighted by molar-refractivity contribution is 5.43. The second-order valence-electron chi connectivity index (χ2n) is 6.78. The van der Waals surface area contributed by atoms with Gasteiger partial charge in [0.15, 0.2) is 0 Å². The van der Waals surface area contributed by atoms with E-state index in [0.29, 0.717) is 25.7 Å². The van der Waals surface area contributed by atoms with Gasteiger partial charge >= 0.3 is 0 Å². The zero-order chi connectivity index (χ0) is 18.6. The molecular weight excluding hydrogens is 354 g/mol. The molecule has 0 spiro atoms. The van der Waals surface area contributed by atoms with E-state index >= 15 is 0 Å². The first-order valence-electron chi connectivity index (χ1n) is 9.11. The predicted octanol–water partition coefficient (Wildman–Crippen LogP) is 1.67. The minimum atomic E-state index is -0.604. The van der Waals surface area contributed by atoms with Gasteiger partial charge in [-0.1, -0.05) is 0 Å². The molecule has 9 heteroatoms. The van der Waals surface area contributed by atoms with E-state index in [-0.39, 0.29) is 18.2 Å². The normalized spacial score (nSPS) is 20.8. The minimum Gasteiger partial charge on any atom is -0.378 e. The summed E-state index contributed by atoms with van der Waals surface area (Å²) in [7, 11) is 0. The van der Waals surface area contributed by atoms with E-state index in [2.05, 4.69) is 25.2 Å². The van der Waals surface area contributed by atoms with Crippen molar-refractivity contribution in [1.29, 1.82) is 0 Å². The van der Waals surface area contributed by atoms with Crippen molar-refractivity contribution >= 4 is 11.8 Å². The maximum absolute atomic E-state index is 13.8. The Labute approximate surface area is 156 Å². The van der Waals surface area contributed by atoms with Crippen LogP contribution in [0.1, 0.15) is 12.0 Å². The number of likely N-dealkylation sites (tertiary alicyclic amines) is 1. The standard InChI is InChI=1S/C18H22F2N6O/c19-15-9-21-10-16(20)14(15)12-25-4-2-13(11-25)23-18-22-3-1-17(24-18)26-5-7-27-8-6-26/h1,3,9-10,13H,2,4-8,11-12H2,(H,22,23,24). The van der Waals surface area contributed by atoms with Crippen molar-refractivity contribution < 1.29 is 13.5 Å². The second-order valence-corrected chi connectivity index (χ2v) is 6.78. The Morgan fingerprint density at radius 1 is 1.15 bits per heavy atom. The van der Waals surface area contributed by atoms with Crippen molar-refractivity contribution in [3.05, 3.63) is 41.9 Å². The number of pyridine rings is 1. The lowest BCUT2D eigenvalue weighted by molar-refractivity contribution is 0.122. The Balaban J connectivity index is 1.36. The van der Waals surface area contributed by atoms with Gasteiger partial charge in [-0.05, 0) is 12.5 Å². The first kappa shape index (κ1) is 18.0. The summed E-state index contributed by atoms with van der Waals surface area (Å²) in [5.41, 5.74) is 0.0659. The third-order valence-corrected chi connectivity index (χ3v) is 4.92. The Hall–Kier alpha value is -2.39. The Kier molecular flexibility index (Phi) is 5.40. The van der Waals surface area contributed by atoms with Crippen LogP contribution in [0, 0.1) is 11.6 Å². The van der Waals surface area contributed by atoms with Crippen LogP contribution >= 0.6 is 0 Å². The molecule has 2 aliphatic rings. The second kappa shape index (κ2) is 8.10. The molecule has 144 valence electrons. The number of anilines is 2. The molecule has 2 aliphatic heterocycles. The van der Waals surface area contributed by atoms with Gasteiger partial charge in [0.25, 0.3) is 0 Å². The fraction of sp³-hybridized carbons (Fsp3) is 0.500. The van der Waals surface area contributed by atoms with Gasteiger partial charge in [-0.2, -0.15) is 4.98 Å².